The van der Waals surface area contributed by atoms with Gasteiger partial charge in [0, 0.05) is 38.4 Å². The maximum absolute atomic E-state index is 12.7. The molecule has 1 aliphatic rings. The number of amides is 1. The summed E-state index contributed by atoms with van der Waals surface area (Å²) in [4.78, 5) is 17.2. The first-order valence-corrected chi connectivity index (χ1v) is 8.01. The van der Waals surface area contributed by atoms with Gasteiger partial charge in [0.2, 0.25) is 0 Å². The molecule has 1 heterocycles. The van der Waals surface area contributed by atoms with Gasteiger partial charge < -0.3 is 10.2 Å². The van der Waals surface area contributed by atoms with Crippen LogP contribution in [0.1, 0.15) is 36.2 Å². The average molecular weight is 289 g/mol. The first kappa shape index (κ1) is 15.8. The predicted octanol–water partition coefficient (Wildman–Crippen LogP) is 2.59. The molecule has 1 amide bonds. The SMILES string of the molecule is CCCN1CCN(C(=O)c2ccc(C)cc2NCC)CC1. The van der Waals surface area contributed by atoms with E-state index in [9.17, 15) is 4.79 Å². The monoisotopic (exact) mass is 289 g/mol. The molecule has 0 aromatic heterocycles. The van der Waals surface area contributed by atoms with Gasteiger partial charge in [0.1, 0.15) is 0 Å². The Morgan fingerprint density at radius 1 is 1.19 bits per heavy atom. The van der Waals surface area contributed by atoms with Gasteiger partial charge in [-0.2, -0.15) is 0 Å². The fourth-order valence-corrected chi connectivity index (χ4v) is 2.84. The second kappa shape index (κ2) is 7.46. The van der Waals surface area contributed by atoms with Crippen LogP contribution in [-0.2, 0) is 0 Å². The molecule has 0 unspecified atom stereocenters. The van der Waals surface area contributed by atoms with Crippen molar-refractivity contribution in [1.29, 1.82) is 0 Å². The lowest BCUT2D eigenvalue weighted by molar-refractivity contribution is 0.0638. The van der Waals surface area contributed by atoms with Crippen LogP contribution in [0.3, 0.4) is 0 Å². The number of hydrogen-bond acceptors (Lipinski definition) is 3. The van der Waals surface area contributed by atoms with Crippen molar-refractivity contribution >= 4 is 11.6 Å². The molecule has 116 valence electrons. The molecule has 1 aliphatic heterocycles. The van der Waals surface area contributed by atoms with Gasteiger partial charge in [-0.05, 0) is 44.5 Å². The smallest absolute Gasteiger partial charge is 0.256 e. The third-order valence-corrected chi connectivity index (χ3v) is 3.97. The molecular formula is C17H27N3O. The van der Waals surface area contributed by atoms with E-state index in [1.54, 1.807) is 0 Å². The summed E-state index contributed by atoms with van der Waals surface area (Å²) in [7, 11) is 0. The first-order chi connectivity index (χ1) is 10.2. The molecule has 2 rings (SSSR count). The molecular weight excluding hydrogens is 262 g/mol. The summed E-state index contributed by atoms with van der Waals surface area (Å²) in [6, 6.07) is 6.03. The van der Waals surface area contributed by atoms with Crippen molar-refractivity contribution in [3.63, 3.8) is 0 Å². The molecule has 1 fully saturated rings. The lowest BCUT2D eigenvalue weighted by atomic mass is 10.1. The Hall–Kier alpha value is -1.55. The average Bonchev–Trinajstić information content (AvgIpc) is 2.48. The Labute approximate surface area is 128 Å². The molecule has 1 aromatic carbocycles. The van der Waals surface area contributed by atoms with Gasteiger partial charge in [0.15, 0.2) is 0 Å². The van der Waals surface area contributed by atoms with Crippen LogP contribution in [-0.4, -0.2) is 55.0 Å². The summed E-state index contributed by atoms with van der Waals surface area (Å²) < 4.78 is 0. The first-order valence-electron chi connectivity index (χ1n) is 8.01. The van der Waals surface area contributed by atoms with E-state index in [0.717, 1.165) is 50.5 Å². The third-order valence-electron chi connectivity index (χ3n) is 3.97. The van der Waals surface area contributed by atoms with E-state index in [4.69, 9.17) is 0 Å². The Morgan fingerprint density at radius 3 is 2.52 bits per heavy atom. The van der Waals surface area contributed by atoms with E-state index in [1.165, 1.54) is 12.0 Å². The summed E-state index contributed by atoms with van der Waals surface area (Å²) in [6.45, 7) is 11.9. The lowest BCUT2D eigenvalue weighted by Gasteiger charge is -2.35. The summed E-state index contributed by atoms with van der Waals surface area (Å²) in [5.74, 6) is 0.155. The minimum absolute atomic E-state index is 0.155. The van der Waals surface area contributed by atoms with Crippen molar-refractivity contribution in [1.82, 2.24) is 9.80 Å². The number of carbonyl (C=O) groups is 1. The highest BCUT2D eigenvalue weighted by Crippen LogP contribution is 2.20. The minimum atomic E-state index is 0.155. The van der Waals surface area contributed by atoms with Crippen molar-refractivity contribution in [2.24, 2.45) is 0 Å². The van der Waals surface area contributed by atoms with Crippen molar-refractivity contribution in [2.45, 2.75) is 27.2 Å². The lowest BCUT2D eigenvalue weighted by Crippen LogP contribution is -2.48. The van der Waals surface area contributed by atoms with Crippen LogP contribution < -0.4 is 5.32 Å². The molecule has 1 aromatic rings. The molecule has 0 spiro atoms. The van der Waals surface area contributed by atoms with Gasteiger partial charge in [-0.15, -0.1) is 0 Å². The van der Waals surface area contributed by atoms with Gasteiger partial charge in [-0.25, -0.2) is 0 Å². The highest BCUT2D eigenvalue weighted by Gasteiger charge is 2.23. The number of anilines is 1. The number of hydrogen-bond donors (Lipinski definition) is 1. The van der Waals surface area contributed by atoms with Crippen molar-refractivity contribution in [3.8, 4) is 0 Å². The van der Waals surface area contributed by atoms with Gasteiger partial charge in [-0.3, -0.25) is 9.69 Å². The van der Waals surface area contributed by atoms with Crippen LogP contribution >= 0.6 is 0 Å². The molecule has 0 saturated carbocycles. The maximum Gasteiger partial charge on any atom is 0.256 e. The molecule has 0 bridgehead atoms. The van der Waals surface area contributed by atoms with E-state index >= 15 is 0 Å². The normalized spacial score (nSPS) is 16.0. The molecule has 0 aliphatic carbocycles. The number of carbonyl (C=O) groups excluding carboxylic acids is 1. The third kappa shape index (κ3) is 3.97. The fourth-order valence-electron chi connectivity index (χ4n) is 2.84. The topological polar surface area (TPSA) is 35.6 Å². The maximum atomic E-state index is 12.7. The summed E-state index contributed by atoms with van der Waals surface area (Å²) >= 11 is 0. The van der Waals surface area contributed by atoms with E-state index < -0.39 is 0 Å². The zero-order valence-electron chi connectivity index (χ0n) is 13.5. The highest BCUT2D eigenvalue weighted by atomic mass is 16.2. The van der Waals surface area contributed by atoms with E-state index in [1.807, 2.05) is 17.0 Å². The Bertz CT molecular complexity index is 479. The quantitative estimate of drug-likeness (QED) is 0.905. The number of piperazine rings is 1. The molecule has 0 radical (unpaired) electrons. The molecule has 0 atom stereocenters. The van der Waals surface area contributed by atoms with Crippen molar-refractivity contribution in [3.05, 3.63) is 29.3 Å². The number of nitrogens with zero attached hydrogens (tertiary/aromatic N) is 2. The van der Waals surface area contributed by atoms with Crippen molar-refractivity contribution < 1.29 is 4.79 Å². The van der Waals surface area contributed by atoms with E-state index in [0.29, 0.717) is 0 Å². The molecule has 4 heteroatoms. The largest absolute Gasteiger partial charge is 0.385 e. The second-order valence-corrected chi connectivity index (χ2v) is 5.71. The fraction of sp³-hybridized carbons (Fsp3) is 0.588. The van der Waals surface area contributed by atoms with Crippen molar-refractivity contribution in [2.75, 3.05) is 44.6 Å². The summed E-state index contributed by atoms with van der Waals surface area (Å²) in [6.07, 6.45) is 1.18. The predicted molar refractivity (Wildman–Crippen MR) is 88.0 cm³/mol. The van der Waals surface area contributed by atoms with Crippen LogP contribution in [0.25, 0.3) is 0 Å². The number of benzene rings is 1. The Kier molecular flexibility index (Phi) is 5.62. The van der Waals surface area contributed by atoms with Crippen LogP contribution in [0, 0.1) is 6.92 Å². The van der Waals surface area contributed by atoms with E-state index in [-0.39, 0.29) is 5.91 Å². The molecule has 21 heavy (non-hydrogen) atoms. The zero-order chi connectivity index (χ0) is 15.2. The Balaban J connectivity index is 2.07. The summed E-state index contributed by atoms with van der Waals surface area (Å²) in [5, 5.41) is 3.31. The Morgan fingerprint density at radius 2 is 1.90 bits per heavy atom. The van der Waals surface area contributed by atoms with Crippen LogP contribution in [0.15, 0.2) is 18.2 Å². The minimum Gasteiger partial charge on any atom is -0.385 e. The van der Waals surface area contributed by atoms with Crippen LogP contribution in [0.2, 0.25) is 0 Å². The van der Waals surface area contributed by atoms with Crippen LogP contribution in [0.5, 0.6) is 0 Å². The molecule has 1 N–H and O–H groups in total. The summed E-state index contributed by atoms with van der Waals surface area (Å²) in [5.41, 5.74) is 2.93. The van der Waals surface area contributed by atoms with Gasteiger partial charge in [-0.1, -0.05) is 13.0 Å². The molecule has 1 saturated heterocycles. The highest BCUT2D eigenvalue weighted by molar-refractivity contribution is 5.99. The number of rotatable bonds is 5. The molecule has 4 nitrogen and oxygen atoms in total. The van der Waals surface area contributed by atoms with Gasteiger partial charge in [0.05, 0.1) is 5.56 Å². The second-order valence-electron chi connectivity index (χ2n) is 5.71. The van der Waals surface area contributed by atoms with E-state index in [2.05, 4.69) is 37.1 Å². The van der Waals surface area contributed by atoms with Gasteiger partial charge in [0.25, 0.3) is 5.91 Å². The zero-order valence-corrected chi connectivity index (χ0v) is 13.5. The number of nitrogens with one attached hydrogen (secondary N) is 1. The number of aryl methyl sites for hydroxylation is 1. The standard InChI is InChI=1S/C17H27N3O/c1-4-8-19-9-11-20(12-10-19)17(21)15-7-6-14(3)13-16(15)18-5-2/h6-7,13,18H,4-5,8-12H2,1-3H3. The van der Waals surface area contributed by atoms with Gasteiger partial charge >= 0.3 is 0 Å². The van der Waals surface area contributed by atoms with Crippen LogP contribution in [0.4, 0.5) is 5.69 Å².